The van der Waals surface area contributed by atoms with E-state index in [1.165, 1.54) is 18.1 Å². The van der Waals surface area contributed by atoms with Gasteiger partial charge in [0, 0.05) is 18.7 Å². The highest BCUT2D eigenvalue weighted by atomic mass is 16.5. The Morgan fingerprint density at radius 2 is 1.81 bits per heavy atom. The van der Waals surface area contributed by atoms with Crippen molar-refractivity contribution in [3.8, 4) is 17.2 Å². The summed E-state index contributed by atoms with van der Waals surface area (Å²) in [6, 6.07) is 8.89. The van der Waals surface area contributed by atoms with Crippen molar-refractivity contribution in [2.45, 2.75) is 13.0 Å². The van der Waals surface area contributed by atoms with Gasteiger partial charge in [-0.2, -0.15) is 0 Å². The van der Waals surface area contributed by atoms with Crippen LogP contribution in [0.25, 0.3) is 5.76 Å². The fourth-order valence-corrected chi connectivity index (χ4v) is 3.80. The topological polar surface area (TPSA) is 99.5 Å². The van der Waals surface area contributed by atoms with Crippen LogP contribution in [0.15, 0.2) is 42.0 Å². The third kappa shape index (κ3) is 4.27. The molecule has 1 aliphatic rings. The first-order valence-electron chi connectivity index (χ1n) is 10.1. The van der Waals surface area contributed by atoms with Gasteiger partial charge in [-0.25, -0.2) is 0 Å². The number of rotatable bonds is 7. The largest absolute Gasteiger partial charge is 0.507 e. The van der Waals surface area contributed by atoms with Crippen LogP contribution in [0.4, 0.5) is 0 Å². The van der Waals surface area contributed by atoms with Crippen molar-refractivity contribution in [1.82, 2.24) is 9.80 Å². The van der Waals surface area contributed by atoms with Crippen molar-refractivity contribution in [1.29, 1.82) is 0 Å². The summed E-state index contributed by atoms with van der Waals surface area (Å²) in [5.74, 6) is -0.933. The molecule has 1 fully saturated rings. The first-order chi connectivity index (χ1) is 15.2. The average Bonchev–Trinajstić information content (AvgIpc) is 3.02. The number of hydrogen-bond donors (Lipinski definition) is 2. The van der Waals surface area contributed by atoms with Crippen LogP contribution in [0.1, 0.15) is 22.7 Å². The van der Waals surface area contributed by atoms with E-state index in [1.54, 1.807) is 44.4 Å². The number of aromatic hydroxyl groups is 1. The molecule has 1 aliphatic heterocycles. The molecule has 0 bridgehead atoms. The molecule has 8 heteroatoms. The van der Waals surface area contributed by atoms with Gasteiger partial charge < -0.3 is 29.5 Å². The van der Waals surface area contributed by atoms with E-state index in [0.717, 1.165) is 0 Å². The highest BCUT2D eigenvalue weighted by Gasteiger charge is 2.46. The SMILES string of the molecule is COc1ccc(/C(O)=C2\C(=O)C(=O)N(CCN(C)C)C2c2ccc(O)c(OC)c2)c(C)c1. The lowest BCUT2D eigenvalue weighted by atomic mass is 9.93. The second-order valence-corrected chi connectivity index (χ2v) is 7.91. The highest BCUT2D eigenvalue weighted by molar-refractivity contribution is 6.46. The Labute approximate surface area is 187 Å². The van der Waals surface area contributed by atoms with Crippen LogP contribution < -0.4 is 9.47 Å². The second-order valence-electron chi connectivity index (χ2n) is 7.91. The Hall–Kier alpha value is -3.52. The number of carbonyl (C=O) groups is 2. The Morgan fingerprint density at radius 3 is 2.41 bits per heavy atom. The molecule has 8 nitrogen and oxygen atoms in total. The molecule has 1 atom stereocenters. The van der Waals surface area contributed by atoms with Crippen LogP contribution in [0, 0.1) is 6.92 Å². The van der Waals surface area contributed by atoms with Gasteiger partial charge >= 0.3 is 0 Å². The highest BCUT2D eigenvalue weighted by Crippen LogP contribution is 2.42. The van der Waals surface area contributed by atoms with Gasteiger partial charge in [-0.05, 0) is 62.5 Å². The van der Waals surface area contributed by atoms with Crippen LogP contribution in [0.5, 0.6) is 17.2 Å². The number of carbonyl (C=O) groups excluding carboxylic acids is 2. The van der Waals surface area contributed by atoms with E-state index >= 15 is 0 Å². The number of aliphatic hydroxyl groups is 1. The fraction of sp³-hybridized carbons (Fsp3) is 0.333. The lowest BCUT2D eigenvalue weighted by Gasteiger charge is -2.27. The summed E-state index contributed by atoms with van der Waals surface area (Å²) in [6.07, 6.45) is 0. The number of likely N-dealkylation sites (tertiary alicyclic amines) is 1. The first-order valence-corrected chi connectivity index (χ1v) is 10.1. The predicted molar refractivity (Wildman–Crippen MR) is 120 cm³/mol. The molecule has 170 valence electrons. The minimum absolute atomic E-state index is 0.00485. The van der Waals surface area contributed by atoms with Crippen LogP contribution >= 0.6 is 0 Å². The molecule has 0 saturated carbocycles. The van der Waals surface area contributed by atoms with Gasteiger partial charge in [0.25, 0.3) is 11.7 Å². The van der Waals surface area contributed by atoms with E-state index < -0.39 is 17.7 Å². The van der Waals surface area contributed by atoms with Crippen LogP contribution in [-0.4, -0.2) is 73.1 Å². The molecule has 2 N–H and O–H groups in total. The van der Waals surface area contributed by atoms with Gasteiger partial charge in [-0.1, -0.05) is 6.07 Å². The molecule has 1 amide bonds. The zero-order chi connectivity index (χ0) is 23.6. The number of hydrogen-bond acceptors (Lipinski definition) is 7. The van der Waals surface area contributed by atoms with Gasteiger partial charge in [0.1, 0.15) is 11.5 Å². The number of nitrogens with zero attached hydrogens (tertiary/aromatic N) is 2. The number of benzene rings is 2. The summed E-state index contributed by atoms with van der Waals surface area (Å²) in [7, 11) is 6.71. The molecule has 1 heterocycles. The first kappa shape index (κ1) is 23.1. The normalized spacial score (nSPS) is 17.8. The molecule has 2 aromatic rings. The summed E-state index contributed by atoms with van der Waals surface area (Å²) in [6.45, 7) is 2.60. The number of phenols is 1. The molecule has 0 radical (unpaired) electrons. The van der Waals surface area contributed by atoms with E-state index in [4.69, 9.17) is 9.47 Å². The van der Waals surface area contributed by atoms with Crippen molar-refractivity contribution in [2.24, 2.45) is 0 Å². The number of ether oxygens (including phenoxy) is 2. The smallest absolute Gasteiger partial charge is 0.295 e. The van der Waals surface area contributed by atoms with Crippen LogP contribution in [0.2, 0.25) is 0 Å². The lowest BCUT2D eigenvalue weighted by molar-refractivity contribution is -0.140. The maximum Gasteiger partial charge on any atom is 0.295 e. The minimum Gasteiger partial charge on any atom is -0.507 e. The maximum atomic E-state index is 13.1. The van der Waals surface area contributed by atoms with Gasteiger partial charge in [0.2, 0.25) is 0 Å². The molecule has 0 aliphatic carbocycles. The number of aryl methyl sites for hydroxylation is 1. The van der Waals surface area contributed by atoms with E-state index in [2.05, 4.69) is 0 Å². The molecular weight excluding hydrogens is 412 g/mol. The van der Waals surface area contributed by atoms with Crippen molar-refractivity contribution in [3.05, 3.63) is 58.7 Å². The fourth-order valence-electron chi connectivity index (χ4n) is 3.80. The zero-order valence-electron chi connectivity index (χ0n) is 18.9. The number of Topliss-reactive ketones (excluding diaryl/α,β-unsaturated/α-hetero) is 1. The summed E-state index contributed by atoms with van der Waals surface area (Å²) < 4.78 is 10.4. The zero-order valence-corrected chi connectivity index (χ0v) is 18.9. The quantitative estimate of drug-likeness (QED) is 0.388. The number of methoxy groups -OCH3 is 2. The summed E-state index contributed by atoms with van der Waals surface area (Å²) in [5.41, 5.74) is 1.68. The van der Waals surface area contributed by atoms with Crippen molar-refractivity contribution < 1.29 is 29.3 Å². The van der Waals surface area contributed by atoms with E-state index in [0.29, 0.717) is 29.0 Å². The predicted octanol–water partition coefficient (Wildman–Crippen LogP) is 2.70. The molecule has 2 aromatic carbocycles. The monoisotopic (exact) mass is 440 g/mol. The van der Waals surface area contributed by atoms with Crippen LogP contribution in [-0.2, 0) is 9.59 Å². The average molecular weight is 440 g/mol. The van der Waals surface area contributed by atoms with Crippen molar-refractivity contribution in [3.63, 3.8) is 0 Å². The molecular formula is C24H28N2O6. The molecule has 1 unspecified atom stereocenters. The molecule has 1 saturated heterocycles. The number of ketones is 1. The maximum absolute atomic E-state index is 13.1. The molecule has 3 rings (SSSR count). The third-order valence-corrected chi connectivity index (χ3v) is 5.54. The van der Waals surface area contributed by atoms with Crippen molar-refractivity contribution >= 4 is 17.4 Å². The number of phenolic OH excluding ortho intramolecular Hbond substituents is 1. The Kier molecular flexibility index (Phi) is 6.74. The second kappa shape index (κ2) is 9.32. The Balaban J connectivity index is 2.20. The van der Waals surface area contributed by atoms with Gasteiger partial charge in [0.05, 0.1) is 25.8 Å². The molecule has 0 spiro atoms. The summed E-state index contributed by atoms with van der Waals surface area (Å²) >= 11 is 0. The van der Waals surface area contributed by atoms with Gasteiger partial charge in [-0.3, -0.25) is 9.59 Å². The van der Waals surface area contributed by atoms with E-state index in [9.17, 15) is 19.8 Å². The minimum atomic E-state index is -0.828. The number of amides is 1. The van der Waals surface area contributed by atoms with E-state index in [1.807, 2.05) is 19.0 Å². The lowest BCUT2D eigenvalue weighted by Crippen LogP contribution is -2.35. The van der Waals surface area contributed by atoms with Gasteiger partial charge in [0.15, 0.2) is 11.5 Å². The molecule has 0 aromatic heterocycles. The van der Waals surface area contributed by atoms with Crippen LogP contribution in [0.3, 0.4) is 0 Å². The van der Waals surface area contributed by atoms with E-state index in [-0.39, 0.29) is 29.4 Å². The van der Waals surface area contributed by atoms with Crippen molar-refractivity contribution in [2.75, 3.05) is 41.4 Å². The number of likely N-dealkylation sites (N-methyl/N-ethyl adjacent to an activating group) is 1. The third-order valence-electron chi connectivity index (χ3n) is 5.54. The summed E-state index contributed by atoms with van der Waals surface area (Å²) in [5, 5.41) is 21.2. The number of aliphatic hydroxyl groups excluding tert-OH is 1. The standard InChI is InChI=1S/C24H28N2O6/c1-14-12-16(31-4)7-8-17(14)22(28)20-21(15-6-9-18(27)19(13-15)32-5)26(11-10-25(2)3)24(30)23(20)29/h6-9,12-13,21,27-28H,10-11H2,1-5H3/b22-20+. The van der Waals surface area contributed by atoms with Gasteiger partial charge in [-0.15, -0.1) is 0 Å². The molecule has 32 heavy (non-hydrogen) atoms. The Morgan fingerprint density at radius 1 is 1.09 bits per heavy atom. The summed E-state index contributed by atoms with van der Waals surface area (Å²) in [4.78, 5) is 29.4. The Bertz CT molecular complexity index is 1080.